The molecule has 0 aliphatic heterocycles. The molecule has 0 amide bonds. The molecule has 2 N–H and O–H groups in total. The maximum absolute atomic E-state index is 13.4. The van der Waals surface area contributed by atoms with Crippen LogP contribution in [0.25, 0.3) is 10.9 Å². The normalized spacial score (nSPS) is 20.7. The van der Waals surface area contributed by atoms with Gasteiger partial charge in [-0.15, -0.1) is 0 Å². The molecule has 1 atom stereocenters. The van der Waals surface area contributed by atoms with E-state index in [4.69, 9.17) is 5.73 Å². The van der Waals surface area contributed by atoms with E-state index in [0.29, 0.717) is 0 Å². The molecule has 1 aliphatic rings. The molecule has 1 unspecified atom stereocenters. The van der Waals surface area contributed by atoms with Gasteiger partial charge in [0, 0.05) is 17.1 Å². The predicted octanol–water partition coefficient (Wildman–Crippen LogP) is 3.52. The van der Waals surface area contributed by atoms with Gasteiger partial charge >= 0.3 is 0 Å². The lowest BCUT2D eigenvalue weighted by Gasteiger charge is -2.27. The monoisotopic (exact) mass is 278 g/mol. The van der Waals surface area contributed by atoms with E-state index in [1.807, 2.05) is 36.4 Å². The number of rotatable bonds is 1. The lowest BCUT2D eigenvalue weighted by molar-refractivity contribution is 0.538. The average Bonchev–Trinajstić information content (AvgIpc) is 2.84. The molecule has 0 saturated heterocycles. The van der Waals surface area contributed by atoms with Crippen molar-refractivity contribution in [2.45, 2.75) is 18.4 Å². The van der Waals surface area contributed by atoms with E-state index in [0.717, 1.165) is 40.4 Å². The molecule has 0 saturated carbocycles. The number of fused-ring (bicyclic) bond motifs is 2. The van der Waals surface area contributed by atoms with Gasteiger partial charge < -0.3 is 5.73 Å². The number of aryl methyl sites for hydroxylation is 1. The van der Waals surface area contributed by atoms with Crippen molar-refractivity contribution in [1.82, 2.24) is 4.98 Å². The largest absolute Gasteiger partial charge is 0.318 e. The number of aromatic nitrogens is 1. The number of halogens is 1. The van der Waals surface area contributed by atoms with Gasteiger partial charge in [0.1, 0.15) is 5.82 Å². The Morgan fingerprint density at radius 2 is 1.90 bits per heavy atom. The number of para-hydroxylation sites is 1. The zero-order chi connectivity index (χ0) is 14.4. The van der Waals surface area contributed by atoms with Crippen LogP contribution in [-0.4, -0.2) is 4.98 Å². The number of hydrogen-bond acceptors (Lipinski definition) is 2. The number of nitrogens with two attached hydrogens (primary N) is 1. The van der Waals surface area contributed by atoms with Crippen LogP contribution in [0.3, 0.4) is 0 Å². The van der Waals surface area contributed by atoms with Crippen LogP contribution in [0.5, 0.6) is 0 Å². The van der Waals surface area contributed by atoms with Crippen LogP contribution in [0.2, 0.25) is 0 Å². The van der Waals surface area contributed by atoms with Crippen molar-refractivity contribution >= 4 is 10.9 Å². The van der Waals surface area contributed by atoms with Gasteiger partial charge in [0.25, 0.3) is 0 Å². The first kappa shape index (κ1) is 12.5. The lowest BCUT2D eigenvalue weighted by atomic mass is 9.84. The van der Waals surface area contributed by atoms with Crippen LogP contribution in [0.1, 0.15) is 23.1 Å². The van der Waals surface area contributed by atoms with E-state index in [1.54, 1.807) is 12.3 Å². The highest BCUT2D eigenvalue weighted by Gasteiger charge is 2.38. The topological polar surface area (TPSA) is 38.9 Å². The second kappa shape index (κ2) is 4.37. The van der Waals surface area contributed by atoms with E-state index in [1.165, 1.54) is 6.07 Å². The Kier molecular flexibility index (Phi) is 2.59. The fraction of sp³-hybridized carbons (Fsp3) is 0.167. The standard InChI is InChI=1S/C18H15FN2/c19-14-6-7-15-13(11-14)8-9-18(15,20)16-5-1-3-12-4-2-10-21-17(12)16/h1-7,10-11H,8-9,20H2. The Morgan fingerprint density at radius 1 is 1.05 bits per heavy atom. The Bertz CT molecular complexity index is 838. The molecule has 1 aliphatic carbocycles. The molecule has 104 valence electrons. The molecule has 2 aromatic carbocycles. The number of pyridine rings is 1. The van der Waals surface area contributed by atoms with Crippen molar-refractivity contribution in [1.29, 1.82) is 0 Å². The SMILES string of the molecule is NC1(c2cccc3cccnc23)CCc2cc(F)ccc21. The summed E-state index contributed by atoms with van der Waals surface area (Å²) in [5.41, 5.74) is 10.1. The van der Waals surface area contributed by atoms with Crippen LogP contribution in [0.15, 0.2) is 54.7 Å². The summed E-state index contributed by atoms with van der Waals surface area (Å²) in [5, 5.41) is 1.08. The van der Waals surface area contributed by atoms with Gasteiger partial charge in [-0.2, -0.15) is 0 Å². The average molecular weight is 278 g/mol. The molecular formula is C18H15FN2. The van der Waals surface area contributed by atoms with Crippen molar-refractivity contribution in [3.8, 4) is 0 Å². The number of benzene rings is 2. The quantitative estimate of drug-likeness (QED) is 0.739. The summed E-state index contributed by atoms with van der Waals surface area (Å²) in [7, 11) is 0. The molecule has 0 fully saturated rings. The van der Waals surface area contributed by atoms with E-state index in [2.05, 4.69) is 4.98 Å². The smallest absolute Gasteiger partial charge is 0.123 e. The molecule has 3 aromatic rings. The Labute approximate surface area is 122 Å². The van der Waals surface area contributed by atoms with Crippen LogP contribution in [-0.2, 0) is 12.0 Å². The van der Waals surface area contributed by atoms with Gasteiger partial charge in [-0.05, 0) is 42.2 Å². The maximum Gasteiger partial charge on any atom is 0.123 e. The van der Waals surface area contributed by atoms with Crippen LogP contribution >= 0.6 is 0 Å². The summed E-state index contributed by atoms with van der Waals surface area (Å²) < 4.78 is 13.4. The molecule has 1 heterocycles. The van der Waals surface area contributed by atoms with Crippen molar-refractivity contribution in [3.05, 3.63) is 77.2 Å². The van der Waals surface area contributed by atoms with Gasteiger partial charge in [-0.1, -0.05) is 30.3 Å². The lowest BCUT2D eigenvalue weighted by Crippen LogP contribution is -2.35. The van der Waals surface area contributed by atoms with E-state index in [9.17, 15) is 4.39 Å². The van der Waals surface area contributed by atoms with Gasteiger partial charge in [0.05, 0.1) is 11.1 Å². The molecular weight excluding hydrogens is 263 g/mol. The summed E-state index contributed by atoms with van der Waals surface area (Å²) >= 11 is 0. The van der Waals surface area contributed by atoms with Crippen LogP contribution in [0, 0.1) is 5.82 Å². The van der Waals surface area contributed by atoms with E-state index < -0.39 is 5.54 Å². The van der Waals surface area contributed by atoms with Gasteiger partial charge in [-0.3, -0.25) is 4.98 Å². The fourth-order valence-corrected chi connectivity index (χ4v) is 3.41. The third-order valence-electron chi connectivity index (χ3n) is 4.45. The van der Waals surface area contributed by atoms with E-state index >= 15 is 0 Å². The molecule has 0 bridgehead atoms. The van der Waals surface area contributed by atoms with Crippen LogP contribution in [0.4, 0.5) is 4.39 Å². The first-order valence-electron chi connectivity index (χ1n) is 7.10. The van der Waals surface area contributed by atoms with E-state index in [-0.39, 0.29) is 5.82 Å². The molecule has 1 aromatic heterocycles. The minimum atomic E-state index is -0.586. The van der Waals surface area contributed by atoms with Crippen molar-refractivity contribution in [3.63, 3.8) is 0 Å². The highest BCUT2D eigenvalue weighted by atomic mass is 19.1. The third-order valence-corrected chi connectivity index (χ3v) is 4.45. The third kappa shape index (κ3) is 1.78. The minimum absolute atomic E-state index is 0.200. The highest BCUT2D eigenvalue weighted by Crippen LogP contribution is 2.42. The first-order chi connectivity index (χ1) is 10.2. The zero-order valence-electron chi connectivity index (χ0n) is 11.5. The Balaban J connectivity index is 1.98. The highest BCUT2D eigenvalue weighted by molar-refractivity contribution is 5.83. The molecule has 2 nitrogen and oxygen atoms in total. The molecule has 0 radical (unpaired) electrons. The summed E-state index contributed by atoms with van der Waals surface area (Å²) in [6.07, 6.45) is 3.37. The summed E-state index contributed by atoms with van der Waals surface area (Å²) in [4.78, 5) is 4.51. The summed E-state index contributed by atoms with van der Waals surface area (Å²) in [6.45, 7) is 0. The van der Waals surface area contributed by atoms with Gasteiger partial charge in [0.15, 0.2) is 0 Å². The minimum Gasteiger partial charge on any atom is -0.318 e. The second-order valence-electron chi connectivity index (χ2n) is 5.65. The summed E-state index contributed by atoms with van der Waals surface area (Å²) in [6, 6.07) is 15.0. The molecule has 21 heavy (non-hydrogen) atoms. The molecule has 0 spiro atoms. The zero-order valence-corrected chi connectivity index (χ0v) is 11.5. The number of hydrogen-bond donors (Lipinski definition) is 1. The predicted molar refractivity (Wildman–Crippen MR) is 81.4 cm³/mol. The second-order valence-corrected chi connectivity index (χ2v) is 5.65. The van der Waals surface area contributed by atoms with Crippen molar-refractivity contribution < 1.29 is 4.39 Å². The summed E-state index contributed by atoms with van der Waals surface area (Å²) in [5.74, 6) is -0.200. The van der Waals surface area contributed by atoms with Crippen LogP contribution < -0.4 is 5.73 Å². The number of nitrogens with zero attached hydrogens (tertiary/aromatic N) is 1. The molecule has 4 rings (SSSR count). The van der Waals surface area contributed by atoms with Crippen molar-refractivity contribution in [2.75, 3.05) is 0 Å². The first-order valence-corrected chi connectivity index (χ1v) is 7.10. The van der Waals surface area contributed by atoms with Crippen molar-refractivity contribution in [2.24, 2.45) is 5.73 Å². The Morgan fingerprint density at radius 3 is 2.81 bits per heavy atom. The van der Waals surface area contributed by atoms with Gasteiger partial charge in [0.2, 0.25) is 0 Å². The maximum atomic E-state index is 13.4. The Hall–Kier alpha value is -2.26. The van der Waals surface area contributed by atoms with Gasteiger partial charge in [-0.25, -0.2) is 4.39 Å². The molecule has 3 heteroatoms. The fourth-order valence-electron chi connectivity index (χ4n) is 3.41.